The highest BCUT2D eigenvalue weighted by Gasteiger charge is 2.55. The first kappa shape index (κ1) is 21.0. The van der Waals surface area contributed by atoms with Crippen molar-refractivity contribution in [2.75, 3.05) is 13.7 Å². The van der Waals surface area contributed by atoms with Crippen LogP contribution >= 0.6 is 11.6 Å². The molecule has 0 bridgehead atoms. The van der Waals surface area contributed by atoms with E-state index in [0.29, 0.717) is 22.6 Å². The first-order chi connectivity index (χ1) is 13.3. The van der Waals surface area contributed by atoms with Gasteiger partial charge < -0.3 is 35.0 Å². The fourth-order valence-electron chi connectivity index (χ4n) is 3.43. The lowest BCUT2D eigenvalue weighted by Crippen LogP contribution is -2.64. The molecule has 2 aromatic rings. The molecule has 28 heavy (non-hydrogen) atoms. The molecule has 0 aliphatic carbocycles. The van der Waals surface area contributed by atoms with Gasteiger partial charge in [-0.3, -0.25) is 0 Å². The second kappa shape index (κ2) is 8.34. The van der Waals surface area contributed by atoms with Gasteiger partial charge in [0.2, 0.25) is 5.79 Å². The maximum Gasteiger partial charge on any atom is 0.224 e. The van der Waals surface area contributed by atoms with E-state index in [-0.39, 0.29) is 5.75 Å². The molecule has 0 amide bonds. The van der Waals surface area contributed by atoms with Gasteiger partial charge in [-0.2, -0.15) is 0 Å². The monoisotopic (exact) mass is 410 g/mol. The number of aromatic hydroxyl groups is 1. The minimum Gasteiger partial charge on any atom is -0.508 e. The van der Waals surface area contributed by atoms with Gasteiger partial charge in [-0.05, 0) is 41.8 Å². The van der Waals surface area contributed by atoms with Crippen LogP contribution in [0.5, 0.6) is 5.75 Å². The third-order valence-corrected chi connectivity index (χ3v) is 5.40. The molecule has 7 nitrogen and oxygen atoms in total. The third-order valence-electron chi connectivity index (χ3n) is 5.03. The number of hydrogen-bond donors (Lipinski definition) is 5. The Morgan fingerprint density at radius 1 is 1.07 bits per heavy atom. The van der Waals surface area contributed by atoms with Crippen molar-refractivity contribution in [3.63, 3.8) is 0 Å². The summed E-state index contributed by atoms with van der Waals surface area (Å²) in [5.41, 5.74) is 1.99. The second-order valence-electron chi connectivity index (χ2n) is 6.79. The van der Waals surface area contributed by atoms with Crippen molar-refractivity contribution in [1.82, 2.24) is 0 Å². The third kappa shape index (κ3) is 3.75. The number of phenolic OH excluding ortho intramolecular Hbond substituents is 1. The Hall–Kier alpha value is -1.71. The lowest BCUT2D eigenvalue weighted by Gasteiger charge is -2.47. The summed E-state index contributed by atoms with van der Waals surface area (Å²) in [6.45, 7) is -0.565. The molecule has 1 fully saturated rings. The SMILES string of the molecule is COC1(c2ccc(Cl)c(Cc3ccc(O)cc3)c2)O[C@H](CO)C(O)[C@H](O)[C@H]1O. The van der Waals surface area contributed by atoms with E-state index in [4.69, 9.17) is 21.1 Å². The van der Waals surface area contributed by atoms with Crippen LogP contribution in [0.4, 0.5) is 0 Å². The standard InChI is InChI=1S/C20H23ClO7/c1-27-20(19(26)18(25)17(24)16(10-22)28-20)13-4-7-15(21)12(9-13)8-11-2-5-14(23)6-3-11/h2-7,9,16-19,22-26H,8,10H2,1H3/t16-,17?,18+,19-,20?/m1/s1. The molecule has 1 saturated heterocycles. The van der Waals surface area contributed by atoms with E-state index >= 15 is 0 Å². The lowest BCUT2D eigenvalue weighted by atomic mass is 9.87. The minimum absolute atomic E-state index is 0.156. The average molecular weight is 411 g/mol. The van der Waals surface area contributed by atoms with Crippen LogP contribution < -0.4 is 0 Å². The normalized spacial score (nSPS) is 30.4. The molecule has 0 aromatic heterocycles. The highest BCUT2D eigenvalue weighted by molar-refractivity contribution is 6.31. The fourth-order valence-corrected chi connectivity index (χ4v) is 3.61. The predicted molar refractivity (Wildman–Crippen MR) is 101 cm³/mol. The zero-order chi connectivity index (χ0) is 20.5. The van der Waals surface area contributed by atoms with E-state index in [1.165, 1.54) is 7.11 Å². The Labute approximate surface area is 167 Å². The quantitative estimate of drug-likeness (QED) is 0.497. The van der Waals surface area contributed by atoms with Gasteiger partial charge >= 0.3 is 0 Å². The number of aliphatic hydroxyl groups is 4. The molecule has 2 aromatic carbocycles. The van der Waals surface area contributed by atoms with Crippen molar-refractivity contribution in [2.45, 2.75) is 36.6 Å². The molecule has 152 valence electrons. The van der Waals surface area contributed by atoms with Crippen LogP contribution in [0.15, 0.2) is 42.5 Å². The number of ether oxygens (including phenoxy) is 2. The van der Waals surface area contributed by atoms with Gasteiger partial charge in [0.15, 0.2) is 0 Å². The molecule has 1 heterocycles. The van der Waals surface area contributed by atoms with Crippen LogP contribution in [0.2, 0.25) is 5.02 Å². The summed E-state index contributed by atoms with van der Waals surface area (Å²) in [4.78, 5) is 0. The van der Waals surface area contributed by atoms with E-state index in [0.717, 1.165) is 5.56 Å². The smallest absolute Gasteiger partial charge is 0.224 e. The van der Waals surface area contributed by atoms with Crippen molar-refractivity contribution < 1.29 is 35.0 Å². The van der Waals surface area contributed by atoms with Crippen molar-refractivity contribution in [2.24, 2.45) is 0 Å². The molecule has 3 rings (SSSR count). The van der Waals surface area contributed by atoms with Crippen molar-refractivity contribution in [3.05, 3.63) is 64.2 Å². The molecular weight excluding hydrogens is 388 g/mol. The maximum atomic E-state index is 10.6. The molecule has 8 heteroatoms. The molecule has 5 atom stereocenters. The summed E-state index contributed by atoms with van der Waals surface area (Å²) in [6.07, 6.45) is -5.35. The van der Waals surface area contributed by atoms with E-state index in [9.17, 15) is 25.5 Å². The molecule has 2 unspecified atom stereocenters. The van der Waals surface area contributed by atoms with Crippen molar-refractivity contribution in [1.29, 1.82) is 0 Å². The Morgan fingerprint density at radius 2 is 1.75 bits per heavy atom. The molecule has 0 radical (unpaired) electrons. The van der Waals surface area contributed by atoms with Crippen LogP contribution in [0.1, 0.15) is 16.7 Å². The van der Waals surface area contributed by atoms with Gasteiger partial charge in [0.25, 0.3) is 0 Å². The van der Waals surface area contributed by atoms with E-state index in [2.05, 4.69) is 0 Å². The van der Waals surface area contributed by atoms with Gasteiger partial charge in [0.1, 0.15) is 30.2 Å². The summed E-state index contributed by atoms with van der Waals surface area (Å²) in [5, 5.41) is 50.2. The van der Waals surface area contributed by atoms with Crippen LogP contribution in [0, 0.1) is 0 Å². The highest BCUT2D eigenvalue weighted by Crippen LogP contribution is 2.40. The van der Waals surface area contributed by atoms with Crippen LogP contribution in [-0.2, 0) is 21.7 Å². The zero-order valence-corrected chi connectivity index (χ0v) is 16.0. The topological polar surface area (TPSA) is 120 Å². The number of rotatable bonds is 5. The van der Waals surface area contributed by atoms with Crippen molar-refractivity contribution >= 4 is 11.6 Å². The summed E-state index contributed by atoms with van der Waals surface area (Å²) in [5.74, 6) is -1.64. The van der Waals surface area contributed by atoms with Gasteiger partial charge in [-0.15, -0.1) is 0 Å². The zero-order valence-electron chi connectivity index (χ0n) is 15.2. The first-order valence-corrected chi connectivity index (χ1v) is 9.15. The number of aliphatic hydroxyl groups excluding tert-OH is 4. The highest BCUT2D eigenvalue weighted by atomic mass is 35.5. The Morgan fingerprint density at radius 3 is 2.36 bits per heavy atom. The van der Waals surface area contributed by atoms with Crippen LogP contribution in [0.3, 0.4) is 0 Å². The average Bonchev–Trinajstić information content (AvgIpc) is 2.70. The Balaban J connectivity index is 2.00. The lowest BCUT2D eigenvalue weighted by molar-refractivity contribution is -0.366. The molecular formula is C20H23ClO7. The summed E-state index contributed by atoms with van der Waals surface area (Å²) < 4.78 is 11.2. The number of benzene rings is 2. The molecule has 1 aliphatic heterocycles. The summed E-state index contributed by atoms with van der Waals surface area (Å²) in [6, 6.07) is 11.6. The first-order valence-electron chi connectivity index (χ1n) is 8.77. The second-order valence-corrected chi connectivity index (χ2v) is 7.19. The molecule has 0 saturated carbocycles. The predicted octanol–water partition coefficient (Wildman–Crippen LogP) is 0.909. The van der Waals surface area contributed by atoms with Gasteiger partial charge in [-0.1, -0.05) is 29.8 Å². The summed E-state index contributed by atoms with van der Waals surface area (Å²) >= 11 is 6.33. The minimum atomic E-state index is -1.79. The van der Waals surface area contributed by atoms with Crippen LogP contribution in [-0.4, -0.2) is 63.7 Å². The largest absolute Gasteiger partial charge is 0.508 e. The number of hydrogen-bond acceptors (Lipinski definition) is 7. The Bertz CT molecular complexity index is 811. The van der Waals surface area contributed by atoms with E-state index in [1.54, 1.807) is 42.5 Å². The molecule has 0 spiro atoms. The maximum absolute atomic E-state index is 10.6. The summed E-state index contributed by atoms with van der Waals surface area (Å²) in [7, 11) is 1.30. The van der Waals surface area contributed by atoms with E-state index < -0.39 is 36.8 Å². The molecule has 5 N–H and O–H groups in total. The van der Waals surface area contributed by atoms with Gasteiger partial charge in [0.05, 0.1) is 6.61 Å². The molecule has 1 aliphatic rings. The van der Waals surface area contributed by atoms with Gasteiger partial charge in [0, 0.05) is 17.7 Å². The van der Waals surface area contributed by atoms with Gasteiger partial charge in [-0.25, -0.2) is 0 Å². The Kier molecular flexibility index (Phi) is 6.26. The number of phenols is 1. The number of halogens is 1. The van der Waals surface area contributed by atoms with E-state index in [1.807, 2.05) is 0 Å². The van der Waals surface area contributed by atoms with Crippen molar-refractivity contribution in [3.8, 4) is 5.75 Å². The van der Waals surface area contributed by atoms with Crippen LogP contribution in [0.25, 0.3) is 0 Å². The fraction of sp³-hybridized carbons (Fsp3) is 0.400. The number of methoxy groups -OCH3 is 1.